The number of amides is 5. The lowest BCUT2D eigenvalue weighted by molar-refractivity contribution is -0.135. The van der Waals surface area contributed by atoms with Gasteiger partial charge in [-0.25, -0.2) is 4.79 Å². The van der Waals surface area contributed by atoms with Gasteiger partial charge in [0.15, 0.2) is 5.54 Å². The van der Waals surface area contributed by atoms with Crippen LogP contribution in [0.15, 0.2) is 48.5 Å². The molecule has 0 bridgehead atoms. The molecule has 0 unspecified atom stereocenters. The summed E-state index contributed by atoms with van der Waals surface area (Å²) in [5.74, 6) is -0.608. The third-order valence-corrected chi connectivity index (χ3v) is 5.38. The summed E-state index contributed by atoms with van der Waals surface area (Å²) >= 11 is 0. The summed E-state index contributed by atoms with van der Waals surface area (Å²) in [5, 5.41) is 5.41. The van der Waals surface area contributed by atoms with Gasteiger partial charge in [0.1, 0.15) is 12.3 Å². The van der Waals surface area contributed by atoms with Gasteiger partial charge in [0.05, 0.1) is 6.61 Å². The van der Waals surface area contributed by atoms with E-state index in [4.69, 9.17) is 4.74 Å². The third-order valence-electron chi connectivity index (χ3n) is 5.38. The van der Waals surface area contributed by atoms with Crippen molar-refractivity contribution in [3.63, 3.8) is 0 Å². The second-order valence-corrected chi connectivity index (χ2v) is 7.65. The number of carbonyl (C=O) groups excluding carboxylic acids is 4. The molecule has 0 aromatic heterocycles. The molecule has 2 aromatic rings. The van der Waals surface area contributed by atoms with Crippen molar-refractivity contribution < 1.29 is 23.9 Å². The molecule has 1 atom stereocenters. The van der Waals surface area contributed by atoms with Crippen LogP contribution < -0.4 is 15.4 Å². The number of para-hydroxylation sites is 1. The molecule has 31 heavy (non-hydrogen) atoms. The molecule has 160 valence electrons. The number of carbonyl (C=O) groups is 4. The normalized spacial score (nSPS) is 19.5. The van der Waals surface area contributed by atoms with E-state index in [0.29, 0.717) is 22.6 Å². The first-order valence-corrected chi connectivity index (χ1v) is 9.80. The molecular formula is C22H22N4O5. The van der Waals surface area contributed by atoms with Crippen LogP contribution >= 0.6 is 0 Å². The van der Waals surface area contributed by atoms with Crippen LogP contribution in [-0.4, -0.2) is 60.8 Å². The maximum Gasteiger partial charge on any atom is 0.325 e. The smallest absolute Gasteiger partial charge is 0.325 e. The summed E-state index contributed by atoms with van der Waals surface area (Å²) in [4.78, 5) is 52.6. The number of rotatable bonds is 4. The number of fused-ring (bicyclic) bond motifs is 2. The van der Waals surface area contributed by atoms with Crippen LogP contribution in [-0.2, 0) is 15.1 Å². The van der Waals surface area contributed by atoms with Gasteiger partial charge < -0.3 is 20.3 Å². The zero-order valence-corrected chi connectivity index (χ0v) is 17.2. The number of urea groups is 1. The molecule has 2 aliphatic rings. The fourth-order valence-corrected chi connectivity index (χ4v) is 3.81. The molecule has 1 saturated heterocycles. The maximum atomic E-state index is 13.2. The Labute approximate surface area is 179 Å². The van der Waals surface area contributed by atoms with Crippen molar-refractivity contribution in [3.05, 3.63) is 59.7 Å². The molecule has 0 aliphatic carbocycles. The van der Waals surface area contributed by atoms with Crippen molar-refractivity contribution >= 4 is 29.4 Å². The molecule has 2 aliphatic heterocycles. The third kappa shape index (κ3) is 3.58. The highest BCUT2D eigenvalue weighted by Crippen LogP contribution is 2.40. The second-order valence-electron chi connectivity index (χ2n) is 7.65. The van der Waals surface area contributed by atoms with Crippen LogP contribution in [0.1, 0.15) is 22.3 Å². The summed E-state index contributed by atoms with van der Waals surface area (Å²) in [6.07, 6.45) is 0.286. The van der Waals surface area contributed by atoms with Gasteiger partial charge in [0.25, 0.3) is 11.8 Å². The minimum absolute atomic E-state index is 0.153. The van der Waals surface area contributed by atoms with Crippen LogP contribution in [0.5, 0.6) is 5.75 Å². The van der Waals surface area contributed by atoms with E-state index >= 15 is 0 Å². The Kier molecular flexibility index (Phi) is 5.10. The lowest BCUT2D eigenvalue weighted by atomic mass is 9.84. The number of anilines is 1. The average molecular weight is 422 g/mol. The first-order valence-electron chi connectivity index (χ1n) is 9.80. The summed E-state index contributed by atoms with van der Waals surface area (Å²) in [6, 6.07) is 12.8. The van der Waals surface area contributed by atoms with Crippen LogP contribution in [0.2, 0.25) is 0 Å². The van der Waals surface area contributed by atoms with Gasteiger partial charge in [0, 0.05) is 37.3 Å². The van der Waals surface area contributed by atoms with E-state index in [1.165, 1.54) is 4.90 Å². The second kappa shape index (κ2) is 7.75. The molecule has 2 heterocycles. The number of imide groups is 1. The topological polar surface area (TPSA) is 108 Å². The Balaban J connectivity index is 1.47. The van der Waals surface area contributed by atoms with Crippen LogP contribution in [0.3, 0.4) is 0 Å². The van der Waals surface area contributed by atoms with Gasteiger partial charge in [-0.3, -0.25) is 19.3 Å². The number of hydrogen-bond acceptors (Lipinski definition) is 5. The van der Waals surface area contributed by atoms with E-state index in [9.17, 15) is 19.2 Å². The van der Waals surface area contributed by atoms with Crippen molar-refractivity contribution in [2.45, 2.75) is 12.0 Å². The molecule has 9 nitrogen and oxygen atoms in total. The Morgan fingerprint density at radius 1 is 1.13 bits per heavy atom. The molecule has 9 heteroatoms. The molecule has 1 fully saturated rings. The largest absolute Gasteiger partial charge is 0.493 e. The number of hydrogen-bond donors (Lipinski definition) is 2. The van der Waals surface area contributed by atoms with E-state index in [1.807, 2.05) is 0 Å². The first-order chi connectivity index (χ1) is 14.8. The Morgan fingerprint density at radius 3 is 2.55 bits per heavy atom. The van der Waals surface area contributed by atoms with Gasteiger partial charge in [0.2, 0.25) is 5.91 Å². The van der Waals surface area contributed by atoms with Gasteiger partial charge in [-0.2, -0.15) is 0 Å². The quantitative estimate of drug-likeness (QED) is 0.727. The number of benzene rings is 2. The lowest BCUT2D eigenvalue weighted by Crippen LogP contribution is -2.48. The van der Waals surface area contributed by atoms with E-state index < -0.39 is 29.9 Å². The fraction of sp³-hybridized carbons (Fsp3) is 0.273. The van der Waals surface area contributed by atoms with E-state index in [2.05, 4.69) is 10.6 Å². The molecule has 2 N–H and O–H groups in total. The molecule has 2 aromatic carbocycles. The van der Waals surface area contributed by atoms with Crippen LogP contribution in [0.4, 0.5) is 10.5 Å². The highest BCUT2D eigenvalue weighted by molar-refractivity contribution is 6.10. The highest BCUT2D eigenvalue weighted by atomic mass is 16.5. The minimum atomic E-state index is -1.22. The van der Waals surface area contributed by atoms with E-state index in [-0.39, 0.29) is 18.9 Å². The summed E-state index contributed by atoms with van der Waals surface area (Å²) in [6.45, 7) is -0.144. The van der Waals surface area contributed by atoms with E-state index in [1.54, 1.807) is 62.6 Å². The summed E-state index contributed by atoms with van der Waals surface area (Å²) < 4.78 is 5.60. The van der Waals surface area contributed by atoms with Crippen molar-refractivity contribution in [1.82, 2.24) is 15.1 Å². The van der Waals surface area contributed by atoms with Crippen molar-refractivity contribution in [2.75, 3.05) is 32.6 Å². The van der Waals surface area contributed by atoms with E-state index in [0.717, 1.165) is 4.90 Å². The van der Waals surface area contributed by atoms with Gasteiger partial charge in [-0.15, -0.1) is 0 Å². The van der Waals surface area contributed by atoms with Crippen LogP contribution in [0.25, 0.3) is 0 Å². The standard InChI is InChI=1S/C22H22N4O5/c1-25(2)19(28)14-7-9-15(10-8-14)23-18(27)13-26-20(29)22(24-21(26)30)11-12-31-17-6-4-3-5-16(17)22/h3-10H,11-13H2,1-2H3,(H,23,27)(H,24,30)/t22-/m1/s1. The predicted molar refractivity (Wildman–Crippen MR) is 112 cm³/mol. The number of nitrogens with one attached hydrogen (secondary N) is 2. The minimum Gasteiger partial charge on any atom is -0.493 e. The molecule has 5 amide bonds. The molecule has 0 radical (unpaired) electrons. The van der Waals surface area contributed by atoms with Gasteiger partial charge in [-0.05, 0) is 30.3 Å². The Hall–Kier alpha value is -3.88. The molecule has 1 spiro atoms. The monoisotopic (exact) mass is 422 g/mol. The zero-order valence-electron chi connectivity index (χ0n) is 17.2. The number of ether oxygens (including phenoxy) is 1. The predicted octanol–water partition coefficient (Wildman–Crippen LogP) is 1.56. The first kappa shape index (κ1) is 20.4. The van der Waals surface area contributed by atoms with Crippen LogP contribution in [0, 0.1) is 0 Å². The Morgan fingerprint density at radius 2 is 1.84 bits per heavy atom. The lowest BCUT2D eigenvalue weighted by Gasteiger charge is -2.33. The van der Waals surface area contributed by atoms with Gasteiger partial charge in [-0.1, -0.05) is 18.2 Å². The number of nitrogens with zero attached hydrogens (tertiary/aromatic N) is 2. The van der Waals surface area contributed by atoms with Crippen molar-refractivity contribution in [2.24, 2.45) is 0 Å². The van der Waals surface area contributed by atoms with Crippen molar-refractivity contribution in [1.29, 1.82) is 0 Å². The zero-order chi connectivity index (χ0) is 22.2. The SMILES string of the molecule is CN(C)C(=O)c1ccc(NC(=O)CN2C(=O)N[C@@]3(CCOc4ccccc43)C2=O)cc1. The fourth-order valence-electron chi connectivity index (χ4n) is 3.81. The molecule has 4 rings (SSSR count). The average Bonchev–Trinajstić information content (AvgIpc) is 2.98. The highest BCUT2D eigenvalue weighted by Gasteiger charge is 2.55. The molecular weight excluding hydrogens is 400 g/mol. The summed E-state index contributed by atoms with van der Waals surface area (Å²) in [5.41, 5.74) is 0.305. The van der Waals surface area contributed by atoms with Gasteiger partial charge >= 0.3 is 6.03 Å². The Bertz CT molecular complexity index is 1070. The maximum absolute atomic E-state index is 13.2. The summed E-state index contributed by atoms with van der Waals surface area (Å²) in [7, 11) is 3.31. The van der Waals surface area contributed by atoms with Crippen molar-refractivity contribution in [3.8, 4) is 5.75 Å². The molecule has 0 saturated carbocycles.